The van der Waals surface area contributed by atoms with Crippen LogP contribution in [0.5, 0.6) is 0 Å². The van der Waals surface area contributed by atoms with Crippen molar-refractivity contribution in [1.82, 2.24) is 14.9 Å². The van der Waals surface area contributed by atoms with Crippen molar-refractivity contribution in [2.24, 2.45) is 0 Å². The fourth-order valence-corrected chi connectivity index (χ4v) is 2.90. The molecule has 0 bridgehead atoms. The third kappa shape index (κ3) is 2.71. The fraction of sp³-hybridized carbons (Fsp3) is 0.467. The predicted molar refractivity (Wildman–Crippen MR) is 85.5 cm³/mol. The fourth-order valence-electron chi connectivity index (χ4n) is 2.90. The van der Waals surface area contributed by atoms with Crippen molar-refractivity contribution in [2.75, 3.05) is 24.6 Å². The molecule has 3 rings (SSSR count). The normalized spacial score (nSPS) is 23.3. The number of piperidine rings is 1. The first-order valence-electron chi connectivity index (χ1n) is 7.28. The Kier molecular flexibility index (Phi) is 3.55. The van der Waals surface area contributed by atoms with E-state index < -0.39 is 0 Å². The summed E-state index contributed by atoms with van der Waals surface area (Å²) in [5.41, 5.74) is 8.04. The van der Waals surface area contributed by atoms with E-state index in [4.69, 9.17) is 5.73 Å². The maximum absolute atomic E-state index is 11.7. The van der Waals surface area contributed by atoms with Gasteiger partial charge >= 0.3 is 0 Å². The molecule has 6 heteroatoms. The number of aromatic amines is 1. The van der Waals surface area contributed by atoms with Crippen molar-refractivity contribution in [3.63, 3.8) is 0 Å². The molecule has 1 aromatic carbocycles. The molecule has 4 N–H and O–H groups in total. The number of nitrogens with two attached hydrogens (primary N) is 1. The molecular formula is C15H21N5O. The number of hydrogen-bond donors (Lipinski definition) is 3. The van der Waals surface area contributed by atoms with Crippen molar-refractivity contribution in [2.45, 2.75) is 31.8 Å². The number of nitrogen functional groups attached to an aromatic ring is 1. The largest absolute Gasteiger partial charge is 0.397 e. The summed E-state index contributed by atoms with van der Waals surface area (Å²) in [6.45, 7) is 3.31. The Morgan fingerprint density at radius 2 is 2.29 bits per heavy atom. The van der Waals surface area contributed by atoms with E-state index in [2.05, 4.69) is 34.2 Å². The van der Waals surface area contributed by atoms with E-state index in [1.807, 2.05) is 6.07 Å². The monoisotopic (exact) mass is 287 g/mol. The van der Waals surface area contributed by atoms with Gasteiger partial charge in [-0.3, -0.25) is 4.79 Å². The molecule has 0 aliphatic carbocycles. The van der Waals surface area contributed by atoms with Crippen LogP contribution < -0.4 is 16.6 Å². The summed E-state index contributed by atoms with van der Waals surface area (Å²) < 4.78 is 0. The number of anilines is 2. The van der Waals surface area contributed by atoms with Crippen molar-refractivity contribution in [3.8, 4) is 0 Å². The average molecular weight is 287 g/mol. The molecular weight excluding hydrogens is 266 g/mol. The molecule has 2 unspecified atom stereocenters. The van der Waals surface area contributed by atoms with Gasteiger partial charge in [-0.2, -0.15) is 0 Å². The van der Waals surface area contributed by atoms with E-state index in [0.29, 0.717) is 28.7 Å². The number of nitrogens with zero attached hydrogens (tertiary/aromatic N) is 2. The molecule has 21 heavy (non-hydrogen) atoms. The summed E-state index contributed by atoms with van der Waals surface area (Å²) in [6.07, 6.45) is 3.58. The van der Waals surface area contributed by atoms with Gasteiger partial charge in [0.2, 0.25) is 0 Å². The summed E-state index contributed by atoms with van der Waals surface area (Å²) in [5.74, 6) is 0. The molecule has 6 nitrogen and oxygen atoms in total. The Morgan fingerprint density at radius 1 is 1.48 bits per heavy atom. The van der Waals surface area contributed by atoms with Crippen LogP contribution in [0.15, 0.2) is 23.3 Å². The average Bonchev–Trinajstić information content (AvgIpc) is 2.45. The molecule has 0 radical (unpaired) electrons. The number of hydrogen-bond acceptors (Lipinski definition) is 5. The summed E-state index contributed by atoms with van der Waals surface area (Å²) in [4.78, 5) is 20.9. The van der Waals surface area contributed by atoms with Crippen LogP contribution in [0.25, 0.3) is 10.9 Å². The summed E-state index contributed by atoms with van der Waals surface area (Å²) in [6, 6.07) is 4.52. The minimum atomic E-state index is -0.161. The zero-order chi connectivity index (χ0) is 15.0. The Morgan fingerprint density at radius 3 is 3.05 bits per heavy atom. The standard InChI is InChI=1S/C15H21N5O/c1-9-5-10(3-4-20(9)2)19-14-7-13-11(6-12(14)16)15(21)18-8-17-13/h6-10,19H,3-5,16H2,1-2H3,(H,17,18,21). The highest BCUT2D eigenvalue weighted by Crippen LogP contribution is 2.26. The van der Waals surface area contributed by atoms with Crippen LogP contribution in [0.2, 0.25) is 0 Å². The Bertz CT molecular complexity index is 711. The predicted octanol–water partition coefficient (Wildman–Crippen LogP) is 1.40. The van der Waals surface area contributed by atoms with Gasteiger partial charge in [0.25, 0.3) is 5.56 Å². The van der Waals surface area contributed by atoms with Gasteiger partial charge in [-0.15, -0.1) is 0 Å². The second-order valence-corrected chi connectivity index (χ2v) is 5.88. The zero-order valence-corrected chi connectivity index (χ0v) is 12.4. The van der Waals surface area contributed by atoms with Gasteiger partial charge in [0, 0.05) is 18.6 Å². The van der Waals surface area contributed by atoms with Crippen LogP contribution in [-0.2, 0) is 0 Å². The first kappa shape index (κ1) is 13.9. The molecule has 1 aromatic heterocycles. The van der Waals surface area contributed by atoms with Crippen LogP contribution in [0.3, 0.4) is 0 Å². The van der Waals surface area contributed by atoms with E-state index in [9.17, 15) is 4.79 Å². The van der Waals surface area contributed by atoms with Crippen molar-refractivity contribution in [1.29, 1.82) is 0 Å². The third-order valence-corrected chi connectivity index (χ3v) is 4.38. The number of fused-ring (bicyclic) bond motifs is 1. The SMILES string of the molecule is CC1CC(Nc2cc3nc[nH]c(=O)c3cc2N)CCN1C. The minimum absolute atomic E-state index is 0.161. The lowest BCUT2D eigenvalue weighted by molar-refractivity contribution is 0.190. The van der Waals surface area contributed by atoms with Gasteiger partial charge in [0.05, 0.1) is 28.6 Å². The number of likely N-dealkylation sites (tertiary alicyclic amines) is 1. The summed E-state index contributed by atoms with van der Waals surface area (Å²) in [7, 11) is 2.15. The topological polar surface area (TPSA) is 87.0 Å². The second kappa shape index (κ2) is 5.37. The lowest BCUT2D eigenvalue weighted by atomic mass is 9.98. The van der Waals surface area contributed by atoms with Gasteiger partial charge in [-0.1, -0.05) is 0 Å². The molecule has 0 spiro atoms. The van der Waals surface area contributed by atoms with Crippen LogP contribution in [0.4, 0.5) is 11.4 Å². The van der Waals surface area contributed by atoms with Gasteiger partial charge in [-0.05, 0) is 38.9 Å². The molecule has 2 heterocycles. The third-order valence-electron chi connectivity index (χ3n) is 4.38. The van der Waals surface area contributed by atoms with Crippen molar-refractivity contribution < 1.29 is 0 Å². The Balaban J connectivity index is 1.87. The van der Waals surface area contributed by atoms with Crippen LogP contribution >= 0.6 is 0 Å². The van der Waals surface area contributed by atoms with E-state index >= 15 is 0 Å². The van der Waals surface area contributed by atoms with E-state index in [0.717, 1.165) is 25.1 Å². The molecule has 1 saturated heterocycles. The lowest BCUT2D eigenvalue weighted by Crippen LogP contribution is -2.42. The first-order chi connectivity index (χ1) is 10.0. The molecule has 1 fully saturated rings. The second-order valence-electron chi connectivity index (χ2n) is 5.88. The number of nitrogens with one attached hydrogen (secondary N) is 2. The number of aromatic nitrogens is 2. The van der Waals surface area contributed by atoms with Crippen LogP contribution in [-0.4, -0.2) is 40.5 Å². The molecule has 112 valence electrons. The minimum Gasteiger partial charge on any atom is -0.397 e. The van der Waals surface area contributed by atoms with Crippen molar-refractivity contribution in [3.05, 3.63) is 28.8 Å². The Hall–Kier alpha value is -2.08. The molecule has 0 amide bonds. The molecule has 1 aliphatic rings. The molecule has 2 aromatic rings. The zero-order valence-electron chi connectivity index (χ0n) is 12.4. The van der Waals surface area contributed by atoms with E-state index in [1.165, 1.54) is 6.33 Å². The van der Waals surface area contributed by atoms with Crippen LogP contribution in [0, 0.1) is 0 Å². The van der Waals surface area contributed by atoms with Gasteiger partial charge in [0.15, 0.2) is 0 Å². The quantitative estimate of drug-likeness (QED) is 0.727. The number of rotatable bonds is 2. The van der Waals surface area contributed by atoms with Crippen LogP contribution in [0.1, 0.15) is 19.8 Å². The van der Waals surface area contributed by atoms with Gasteiger partial charge < -0.3 is 20.9 Å². The summed E-state index contributed by atoms with van der Waals surface area (Å²) in [5, 5.41) is 4.03. The highest BCUT2D eigenvalue weighted by atomic mass is 16.1. The maximum Gasteiger partial charge on any atom is 0.258 e. The number of H-pyrrole nitrogens is 1. The van der Waals surface area contributed by atoms with Gasteiger partial charge in [-0.25, -0.2) is 4.98 Å². The summed E-state index contributed by atoms with van der Waals surface area (Å²) >= 11 is 0. The number of benzene rings is 1. The van der Waals surface area contributed by atoms with E-state index in [1.54, 1.807) is 6.07 Å². The van der Waals surface area contributed by atoms with Crippen molar-refractivity contribution >= 4 is 22.3 Å². The highest BCUT2D eigenvalue weighted by molar-refractivity contribution is 5.88. The molecule has 1 aliphatic heterocycles. The van der Waals surface area contributed by atoms with Gasteiger partial charge in [0.1, 0.15) is 0 Å². The molecule has 0 saturated carbocycles. The lowest BCUT2D eigenvalue weighted by Gasteiger charge is -2.36. The highest BCUT2D eigenvalue weighted by Gasteiger charge is 2.23. The smallest absolute Gasteiger partial charge is 0.258 e. The maximum atomic E-state index is 11.7. The molecule has 2 atom stereocenters. The van der Waals surface area contributed by atoms with E-state index in [-0.39, 0.29) is 5.56 Å². The Labute approximate surface area is 123 Å². The first-order valence-corrected chi connectivity index (χ1v) is 7.28.